The molecule has 0 bridgehead atoms. The lowest BCUT2D eigenvalue weighted by atomic mass is 9.63. The second-order valence-electron chi connectivity index (χ2n) is 7.99. The smallest absolute Gasteiger partial charge is 0.112 e. The van der Waals surface area contributed by atoms with E-state index in [1.54, 1.807) is 0 Å². The number of hydrogen-bond acceptors (Lipinski definition) is 3. The Morgan fingerprint density at radius 3 is 1.83 bits per heavy atom. The van der Waals surface area contributed by atoms with Gasteiger partial charge in [-0.2, -0.15) is 5.11 Å². The second kappa shape index (κ2) is 7.23. The molecule has 128 valence electrons. The summed E-state index contributed by atoms with van der Waals surface area (Å²) in [4.78, 5) is 0. The average molecular weight is 539 g/mol. The zero-order chi connectivity index (χ0) is 17.4. The SMILES string of the molecule is CC(C)(N)C1CCC(C(C)(C)c2cc(I)c(N=N)c(I)c2)CC1. The Morgan fingerprint density at radius 1 is 1.00 bits per heavy atom. The summed E-state index contributed by atoms with van der Waals surface area (Å²) in [6.07, 6.45) is 4.95. The van der Waals surface area contributed by atoms with Crippen LogP contribution >= 0.6 is 45.2 Å². The quantitative estimate of drug-likeness (QED) is 0.339. The van der Waals surface area contributed by atoms with Gasteiger partial charge in [0.1, 0.15) is 5.69 Å². The van der Waals surface area contributed by atoms with Crippen molar-refractivity contribution >= 4 is 50.9 Å². The van der Waals surface area contributed by atoms with Crippen molar-refractivity contribution < 1.29 is 0 Å². The lowest BCUT2D eigenvalue weighted by Crippen LogP contribution is -2.44. The van der Waals surface area contributed by atoms with Gasteiger partial charge in [0.2, 0.25) is 0 Å². The van der Waals surface area contributed by atoms with E-state index in [1.807, 2.05) is 0 Å². The van der Waals surface area contributed by atoms with Crippen molar-refractivity contribution in [1.29, 1.82) is 5.53 Å². The van der Waals surface area contributed by atoms with E-state index in [2.05, 4.69) is 90.1 Å². The van der Waals surface area contributed by atoms with E-state index in [1.165, 1.54) is 31.2 Å². The van der Waals surface area contributed by atoms with Crippen molar-refractivity contribution in [2.45, 2.75) is 64.3 Å². The Balaban J connectivity index is 2.21. The molecule has 0 amide bonds. The molecule has 5 heteroatoms. The molecule has 23 heavy (non-hydrogen) atoms. The maximum absolute atomic E-state index is 7.33. The van der Waals surface area contributed by atoms with Crippen molar-refractivity contribution in [2.75, 3.05) is 0 Å². The topological polar surface area (TPSA) is 62.2 Å². The number of rotatable bonds is 4. The fourth-order valence-corrected chi connectivity index (χ4v) is 5.85. The van der Waals surface area contributed by atoms with Crippen LogP contribution in [0.15, 0.2) is 17.2 Å². The first-order valence-electron chi connectivity index (χ1n) is 8.23. The van der Waals surface area contributed by atoms with Gasteiger partial charge in [-0.25, -0.2) is 5.53 Å². The van der Waals surface area contributed by atoms with E-state index >= 15 is 0 Å². The van der Waals surface area contributed by atoms with Gasteiger partial charge < -0.3 is 5.73 Å². The Hall–Kier alpha value is 0.240. The predicted molar refractivity (Wildman–Crippen MR) is 113 cm³/mol. The van der Waals surface area contributed by atoms with Crippen LogP contribution in [0.1, 0.15) is 58.9 Å². The van der Waals surface area contributed by atoms with Crippen LogP contribution in [-0.2, 0) is 5.41 Å². The molecule has 1 aromatic rings. The summed E-state index contributed by atoms with van der Waals surface area (Å²) in [7, 11) is 0. The van der Waals surface area contributed by atoms with Gasteiger partial charge in [-0.3, -0.25) is 0 Å². The summed E-state index contributed by atoms with van der Waals surface area (Å²) in [6.45, 7) is 9.06. The molecule has 3 nitrogen and oxygen atoms in total. The van der Waals surface area contributed by atoms with E-state index in [0.29, 0.717) is 11.8 Å². The van der Waals surface area contributed by atoms with Crippen molar-refractivity contribution in [3.05, 3.63) is 24.8 Å². The van der Waals surface area contributed by atoms with Gasteiger partial charge in [0.25, 0.3) is 0 Å². The molecule has 0 aromatic heterocycles. The van der Waals surface area contributed by atoms with Gasteiger partial charge in [0.05, 0.1) is 0 Å². The maximum Gasteiger partial charge on any atom is 0.112 e. The van der Waals surface area contributed by atoms with Gasteiger partial charge in [0.15, 0.2) is 0 Å². The highest BCUT2D eigenvalue weighted by Gasteiger charge is 2.37. The zero-order valence-electron chi connectivity index (χ0n) is 14.4. The summed E-state index contributed by atoms with van der Waals surface area (Å²) < 4.78 is 2.15. The first-order chi connectivity index (χ1) is 10.6. The molecule has 3 N–H and O–H groups in total. The molecule has 0 spiro atoms. The number of nitrogens with two attached hydrogens (primary N) is 1. The van der Waals surface area contributed by atoms with Crippen LogP contribution in [0.4, 0.5) is 5.69 Å². The monoisotopic (exact) mass is 539 g/mol. The molecule has 1 aliphatic carbocycles. The fourth-order valence-electron chi connectivity index (χ4n) is 3.84. The molecule has 0 aliphatic heterocycles. The number of halogens is 2. The van der Waals surface area contributed by atoms with Gasteiger partial charge in [-0.15, -0.1) is 0 Å². The summed E-state index contributed by atoms with van der Waals surface area (Å²) in [6, 6.07) is 4.43. The number of benzene rings is 1. The van der Waals surface area contributed by atoms with Crippen molar-refractivity contribution in [2.24, 2.45) is 22.7 Å². The molecule has 1 aromatic carbocycles. The standard InChI is InChI=1S/C18H27I2N3/c1-17(2,11-5-7-12(8-6-11)18(3,4)21)13-9-14(19)16(23-22)15(20)10-13/h9-12,22H,5-8,21H2,1-4H3. The largest absolute Gasteiger partial charge is 0.325 e. The number of nitrogens with zero attached hydrogens (tertiary/aromatic N) is 1. The highest BCUT2D eigenvalue weighted by molar-refractivity contribution is 14.1. The molecule has 0 unspecified atom stereocenters. The molecule has 1 aliphatic rings. The van der Waals surface area contributed by atoms with Crippen LogP contribution in [0.3, 0.4) is 0 Å². The summed E-state index contributed by atoms with van der Waals surface area (Å²) in [5, 5.41) is 3.66. The first-order valence-corrected chi connectivity index (χ1v) is 10.4. The third-order valence-corrected chi connectivity index (χ3v) is 7.32. The van der Waals surface area contributed by atoms with Crippen molar-refractivity contribution in [3.63, 3.8) is 0 Å². The van der Waals surface area contributed by atoms with Crippen LogP contribution in [0.5, 0.6) is 0 Å². The average Bonchev–Trinajstić information content (AvgIpc) is 2.46. The fraction of sp³-hybridized carbons (Fsp3) is 0.667. The molecule has 0 atom stereocenters. The number of hydrogen-bond donors (Lipinski definition) is 2. The molecule has 0 radical (unpaired) electrons. The van der Waals surface area contributed by atoms with Crippen molar-refractivity contribution in [3.8, 4) is 0 Å². The molecule has 0 saturated heterocycles. The third kappa shape index (κ3) is 4.26. The van der Waals surface area contributed by atoms with Crippen LogP contribution in [-0.4, -0.2) is 5.54 Å². The van der Waals surface area contributed by atoms with E-state index in [0.717, 1.165) is 12.8 Å². The van der Waals surface area contributed by atoms with Crippen molar-refractivity contribution in [1.82, 2.24) is 0 Å². The van der Waals surface area contributed by atoms with Gasteiger partial charge >= 0.3 is 0 Å². The molecule has 0 heterocycles. The van der Waals surface area contributed by atoms with E-state index in [4.69, 9.17) is 11.3 Å². The Bertz CT molecular complexity index is 559. The Morgan fingerprint density at radius 2 is 1.43 bits per heavy atom. The minimum Gasteiger partial charge on any atom is -0.325 e. The van der Waals surface area contributed by atoms with E-state index in [9.17, 15) is 0 Å². The van der Waals surface area contributed by atoms with E-state index < -0.39 is 0 Å². The minimum absolute atomic E-state index is 0.0584. The lowest BCUT2D eigenvalue weighted by molar-refractivity contribution is 0.152. The zero-order valence-corrected chi connectivity index (χ0v) is 18.7. The van der Waals surface area contributed by atoms with Crippen LogP contribution < -0.4 is 5.73 Å². The highest BCUT2D eigenvalue weighted by Crippen LogP contribution is 2.45. The third-order valence-electron chi connectivity index (χ3n) is 5.67. The molecule has 1 saturated carbocycles. The predicted octanol–water partition coefficient (Wildman–Crippen LogP) is 6.38. The summed E-state index contributed by atoms with van der Waals surface area (Å²) in [5.41, 5.74) is 15.9. The van der Waals surface area contributed by atoms with Crippen LogP contribution in [0.25, 0.3) is 0 Å². The van der Waals surface area contributed by atoms with Gasteiger partial charge in [-0.1, -0.05) is 13.8 Å². The Labute approximate surface area is 167 Å². The maximum atomic E-state index is 7.33. The molecular weight excluding hydrogens is 512 g/mol. The lowest BCUT2D eigenvalue weighted by Gasteiger charge is -2.43. The number of nitrogens with one attached hydrogen (secondary N) is 1. The van der Waals surface area contributed by atoms with Gasteiger partial charge in [0, 0.05) is 12.7 Å². The second-order valence-corrected chi connectivity index (χ2v) is 10.3. The van der Waals surface area contributed by atoms with Crippen LogP contribution in [0.2, 0.25) is 0 Å². The summed E-state index contributed by atoms with van der Waals surface area (Å²) in [5.74, 6) is 1.32. The van der Waals surface area contributed by atoms with Crippen LogP contribution in [0, 0.1) is 24.5 Å². The molecule has 1 fully saturated rings. The minimum atomic E-state index is -0.0584. The molecular formula is C18H27I2N3. The summed E-state index contributed by atoms with van der Waals surface area (Å²) >= 11 is 4.60. The van der Waals surface area contributed by atoms with Gasteiger partial charge in [-0.05, 0) is 120 Å². The normalized spacial score (nSPS) is 22.9. The molecule has 2 rings (SSSR count). The van der Waals surface area contributed by atoms with E-state index in [-0.39, 0.29) is 11.0 Å². The highest BCUT2D eigenvalue weighted by atomic mass is 127. The first kappa shape index (κ1) is 19.6. The Kier molecular flexibility index (Phi) is 6.15.